The molecule has 9 heteroatoms. The molecular formula is C18H16N6O2S. The van der Waals surface area contributed by atoms with Crippen LogP contribution in [0.15, 0.2) is 64.3 Å². The van der Waals surface area contributed by atoms with Crippen LogP contribution in [-0.2, 0) is 0 Å². The summed E-state index contributed by atoms with van der Waals surface area (Å²) >= 11 is 1.44. The number of rotatable bonds is 6. The van der Waals surface area contributed by atoms with E-state index in [9.17, 15) is 0 Å². The molecule has 2 aromatic carbocycles. The minimum atomic E-state index is -0.113. The van der Waals surface area contributed by atoms with Gasteiger partial charge in [-0.05, 0) is 41.6 Å². The van der Waals surface area contributed by atoms with E-state index in [1.807, 2.05) is 61.5 Å². The summed E-state index contributed by atoms with van der Waals surface area (Å²) < 4.78 is 12.3. The molecule has 0 aliphatic rings. The number of methoxy groups -OCH3 is 1. The third kappa shape index (κ3) is 3.68. The van der Waals surface area contributed by atoms with Gasteiger partial charge in [-0.2, -0.15) is 9.67 Å². The van der Waals surface area contributed by atoms with Crippen LogP contribution in [0.4, 0.5) is 0 Å². The Morgan fingerprint density at radius 1 is 1.07 bits per heavy atom. The van der Waals surface area contributed by atoms with E-state index in [4.69, 9.17) is 9.26 Å². The molecule has 0 aliphatic heterocycles. The molecule has 0 amide bonds. The van der Waals surface area contributed by atoms with Gasteiger partial charge >= 0.3 is 0 Å². The minimum Gasteiger partial charge on any atom is -0.497 e. The highest BCUT2D eigenvalue weighted by molar-refractivity contribution is 7.99. The molecule has 27 heavy (non-hydrogen) atoms. The zero-order valence-corrected chi connectivity index (χ0v) is 15.5. The van der Waals surface area contributed by atoms with Gasteiger partial charge < -0.3 is 9.26 Å². The van der Waals surface area contributed by atoms with Gasteiger partial charge in [0.25, 0.3) is 0 Å². The lowest BCUT2D eigenvalue weighted by atomic mass is 10.2. The standard InChI is InChI=1S/C18H16N6O2S/c1-12(17-19-16(21-26-17)13-6-4-3-5-7-13)27-18-20-22-23-24(18)14-8-10-15(25-2)11-9-14/h3-12H,1-2H3. The average molecular weight is 380 g/mol. The van der Waals surface area contributed by atoms with Crippen molar-refractivity contribution in [3.05, 3.63) is 60.5 Å². The summed E-state index contributed by atoms with van der Waals surface area (Å²) in [5, 5.41) is 16.5. The number of hydrogen-bond acceptors (Lipinski definition) is 8. The molecular weight excluding hydrogens is 364 g/mol. The fourth-order valence-corrected chi connectivity index (χ4v) is 3.29. The van der Waals surface area contributed by atoms with Crippen molar-refractivity contribution in [3.63, 3.8) is 0 Å². The summed E-state index contributed by atoms with van der Waals surface area (Å²) in [6, 6.07) is 17.2. The van der Waals surface area contributed by atoms with Gasteiger partial charge in [-0.15, -0.1) is 5.10 Å². The van der Waals surface area contributed by atoms with E-state index in [0.717, 1.165) is 17.0 Å². The number of benzene rings is 2. The molecule has 4 aromatic rings. The number of aromatic nitrogens is 6. The highest BCUT2D eigenvalue weighted by atomic mass is 32.2. The molecule has 8 nitrogen and oxygen atoms in total. The van der Waals surface area contributed by atoms with E-state index < -0.39 is 0 Å². The van der Waals surface area contributed by atoms with Gasteiger partial charge in [0.1, 0.15) is 5.75 Å². The molecule has 0 bridgehead atoms. The SMILES string of the molecule is COc1ccc(-n2nnnc2SC(C)c2nc(-c3ccccc3)no2)cc1. The highest BCUT2D eigenvalue weighted by Gasteiger charge is 2.20. The Balaban J connectivity index is 1.53. The number of ether oxygens (including phenoxy) is 1. The quantitative estimate of drug-likeness (QED) is 0.469. The number of nitrogens with zero attached hydrogens (tertiary/aromatic N) is 6. The summed E-state index contributed by atoms with van der Waals surface area (Å²) in [7, 11) is 1.63. The van der Waals surface area contributed by atoms with Gasteiger partial charge in [0.15, 0.2) is 0 Å². The predicted molar refractivity (Wildman–Crippen MR) is 99.7 cm³/mol. The van der Waals surface area contributed by atoms with Crippen molar-refractivity contribution in [2.75, 3.05) is 7.11 Å². The second-order valence-electron chi connectivity index (χ2n) is 5.65. The van der Waals surface area contributed by atoms with Crippen LogP contribution in [0.25, 0.3) is 17.1 Å². The Hall–Kier alpha value is -3.20. The van der Waals surface area contributed by atoms with Crippen molar-refractivity contribution in [1.82, 2.24) is 30.3 Å². The molecule has 1 atom stereocenters. The minimum absolute atomic E-state index is 0.113. The number of hydrogen-bond donors (Lipinski definition) is 0. The molecule has 0 radical (unpaired) electrons. The predicted octanol–water partition coefficient (Wildman–Crippen LogP) is 3.57. The smallest absolute Gasteiger partial charge is 0.240 e. The first-order valence-electron chi connectivity index (χ1n) is 8.23. The average Bonchev–Trinajstić information content (AvgIpc) is 3.38. The zero-order valence-electron chi connectivity index (χ0n) is 14.7. The number of tetrazole rings is 1. The second-order valence-corrected chi connectivity index (χ2v) is 6.96. The van der Waals surface area contributed by atoms with Crippen LogP contribution in [0.3, 0.4) is 0 Å². The molecule has 0 N–H and O–H groups in total. The van der Waals surface area contributed by atoms with E-state index in [0.29, 0.717) is 16.9 Å². The van der Waals surface area contributed by atoms with Crippen LogP contribution >= 0.6 is 11.8 Å². The molecule has 136 valence electrons. The fourth-order valence-electron chi connectivity index (χ4n) is 2.45. The molecule has 4 rings (SSSR count). The maximum Gasteiger partial charge on any atom is 0.240 e. The van der Waals surface area contributed by atoms with Crippen LogP contribution in [-0.4, -0.2) is 37.5 Å². The molecule has 1 unspecified atom stereocenters. The van der Waals surface area contributed by atoms with Gasteiger partial charge in [0.05, 0.1) is 18.0 Å². The molecule has 2 aromatic heterocycles. The molecule has 0 fully saturated rings. The van der Waals surface area contributed by atoms with Crippen LogP contribution in [0.5, 0.6) is 5.75 Å². The normalized spacial score (nSPS) is 12.1. The molecule has 2 heterocycles. The Morgan fingerprint density at radius 3 is 2.59 bits per heavy atom. The van der Waals surface area contributed by atoms with Crippen molar-refractivity contribution in [2.45, 2.75) is 17.3 Å². The first kappa shape index (κ1) is 17.2. The maximum atomic E-state index is 5.43. The molecule has 0 spiro atoms. The van der Waals surface area contributed by atoms with Crippen molar-refractivity contribution < 1.29 is 9.26 Å². The largest absolute Gasteiger partial charge is 0.497 e. The van der Waals surface area contributed by atoms with Gasteiger partial charge in [0, 0.05) is 5.56 Å². The van der Waals surface area contributed by atoms with E-state index in [-0.39, 0.29) is 5.25 Å². The Morgan fingerprint density at radius 2 is 1.85 bits per heavy atom. The monoisotopic (exact) mass is 380 g/mol. The van der Waals surface area contributed by atoms with Crippen LogP contribution in [0, 0.1) is 0 Å². The second kappa shape index (κ2) is 7.58. The lowest BCUT2D eigenvalue weighted by molar-refractivity contribution is 0.380. The first-order chi connectivity index (χ1) is 13.2. The summed E-state index contributed by atoms with van der Waals surface area (Å²) in [5.41, 5.74) is 1.75. The van der Waals surface area contributed by atoms with Crippen LogP contribution in [0.1, 0.15) is 18.1 Å². The van der Waals surface area contributed by atoms with E-state index in [1.54, 1.807) is 11.8 Å². The summed E-state index contributed by atoms with van der Waals surface area (Å²) in [6.07, 6.45) is 0. The Bertz CT molecular complexity index is 1020. The highest BCUT2D eigenvalue weighted by Crippen LogP contribution is 2.34. The lowest BCUT2D eigenvalue weighted by Crippen LogP contribution is -2.00. The third-order valence-corrected chi connectivity index (χ3v) is 4.88. The third-order valence-electron chi connectivity index (χ3n) is 3.86. The van der Waals surface area contributed by atoms with Crippen molar-refractivity contribution in [2.24, 2.45) is 0 Å². The van der Waals surface area contributed by atoms with Gasteiger partial charge in [-0.1, -0.05) is 47.3 Å². The van der Waals surface area contributed by atoms with Crippen molar-refractivity contribution >= 4 is 11.8 Å². The van der Waals surface area contributed by atoms with E-state index in [1.165, 1.54) is 11.8 Å². The van der Waals surface area contributed by atoms with Crippen LogP contribution in [0.2, 0.25) is 0 Å². The summed E-state index contributed by atoms with van der Waals surface area (Å²) in [6.45, 7) is 1.97. The maximum absolute atomic E-state index is 5.43. The lowest BCUT2D eigenvalue weighted by Gasteiger charge is -2.07. The fraction of sp³-hybridized carbons (Fsp3) is 0.167. The van der Waals surface area contributed by atoms with Gasteiger partial charge in [0.2, 0.25) is 16.9 Å². The van der Waals surface area contributed by atoms with E-state index >= 15 is 0 Å². The van der Waals surface area contributed by atoms with Gasteiger partial charge in [-0.3, -0.25) is 0 Å². The zero-order chi connectivity index (χ0) is 18.6. The Kier molecular flexibility index (Phi) is 4.84. The summed E-state index contributed by atoms with van der Waals surface area (Å²) in [4.78, 5) is 4.49. The van der Waals surface area contributed by atoms with Gasteiger partial charge in [-0.25, -0.2) is 0 Å². The summed E-state index contributed by atoms with van der Waals surface area (Å²) in [5.74, 6) is 1.85. The van der Waals surface area contributed by atoms with E-state index in [2.05, 4.69) is 25.7 Å². The van der Waals surface area contributed by atoms with Crippen molar-refractivity contribution in [3.8, 4) is 22.8 Å². The molecule has 0 saturated heterocycles. The van der Waals surface area contributed by atoms with Crippen LogP contribution < -0.4 is 4.74 Å². The molecule has 0 aliphatic carbocycles. The van der Waals surface area contributed by atoms with Crippen molar-refractivity contribution in [1.29, 1.82) is 0 Å². The Labute approximate surface area is 159 Å². The molecule has 0 saturated carbocycles. The number of thioether (sulfide) groups is 1. The first-order valence-corrected chi connectivity index (χ1v) is 9.11. The topological polar surface area (TPSA) is 91.8 Å².